The highest BCUT2D eigenvalue weighted by Crippen LogP contribution is 2.29. The van der Waals surface area contributed by atoms with Gasteiger partial charge in [-0.05, 0) is 36.8 Å². The van der Waals surface area contributed by atoms with E-state index in [2.05, 4.69) is 6.07 Å². The van der Waals surface area contributed by atoms with Crippen molar-refractivity contribution in [3.05, 3.63) is 53.1 Å². The van der Waals surface area contributed by atoms with Crippen molar-refractivity contribution in [3.8, 4) is 22.9 Å². The smallest absolute Gasteiger partial charge is 0.119 e. The lowest BCUT2D eigenvalue weighted by molar-refractivity contribution is 0.340. The highest BCUT2D eigenvalue weighted by molar-refractivity contribution is 6.33. The molecule has 2 nitrogen and oxygen atoms in total. The SMILES string of the molecule is CCOc1ccc(-c2ccc(C#N)cc2Cl)cc1. The van der Waals surface area contributed by atoms with Gasteiger partial charge in [-0.25, -0.2) is 0 Å². The van der Waals surface area contributed by atoms with Crippen molar-refractivity contribution in [2.24, 2.45) is 0 Å². The van der Waals surface area contributed by atoms with E-state index in [1.54, 1.807) is 12.1 Å². The van der Waals surface area contributed by atoms with Crippen molar-refractivity contribution in [1.29, 1.82) is 5.26 Å². The van der Waals surface area contributed by atoms with E-state index in [0.717, 1.165) is 16.9 Å². The second-order valence-corrected chi connectivity index (χ2v) is 4.17. The summed E-state index contributed by atoms with van der Waals surface area (Å²) >= 11 is 6.16. The molecule has 2 rings (SSSR count). The zero-order chi connectivity index (χ0) is 13.0. The molecular weight excluding hydrogens is 246 g/mol. The Morgan fingerprint density at radius 3 is 2.44 bits per heavy atom. The zero-order valence-electron chi connectivity index (χ0n) is 9.98. The Bertz CT molecular complexity index is 584. The van der Waals surface area contributed by atoms with Gasteiger partial charge in [0.05, 0.1) is 18.2 Å². The third-order valence-electron chi connectivity index (χ3n) is 2.57. The van der Waals surface area contributed by atoms with E-state index in [1.165, 1.54) is 0 Å². The highest BCUT2D eigenvalue weighted by Gasteiger charge is 2.04. The minimum atomic E-state index is 0.565. The van der Waals surface area contributed by atoms with E-state index < -0.39 is 0 Å². The van der Waals surface area contributed by atoms with Crippen LogP contribution >= 0.6 is 11.6 Å². The summed E-state index contributed by atoms with van der Waals surface area (Å²) in [6, 6.07) is 15.1. The summed E-state index contributed by atoms with van der Waals surface area (Å²) in [6.07, 6.45) is 0. The van der Waals surface area contributed by atoms with Crippen molar-refractivity contribution < 1.29 is 4.74 Å². The fraction of sp³-hybridized carbons (Fsp3) is 0.133. The molecule has 0 saturated carbocycles. The number of benzene rings is 2. The molecule has 18 heavy (non-hydrogen) atoms. The van der Waals surface area contributed by atoms with Crippen LogP contribution in [0.3, 0.4) is 0 Å². The van der Waals surface area contributed by atoms with Gasteiger partial charge in [0.2, 0.25) is 0 Å². The fourth-order valence-corrected chi connectivity index (χ4v) is 2.01. The van der Waals surface area contributed by atoms with Crippen molar-refractivity contribution in [3.63, 3.8) is 0 Å². The van der Waals surface area contributed by atoms with Crippen LogP contribution in [-0.2, 0) is 0 Å². The summed E-state index contributed by atoms with van der Waals surface area (Å²) in [5.41, 5.74) is 2.49. The first-order chi connectivity index (χ1) is 8.74. The molecule has 0 unspecified atom stereocenters. The molecule has 0 aliphatic rings. The van der Waals surface area contributed by atoms with Crippen LogP contribution in [-0.4, -0.2) is 6.61 Å². The van der Waals surface area contributed by atoms with Gasteiger partial charge >= 0.3 is 0 Å². The number of nitrogens with zero attached hydrogens (tertiary/aromatic N) is 1. The molecule has 0 spiro atoms. The molecule has 0 aliphatic heterocycles. The Labute approximate surface area is 111 Å². The molecule has 0 aromatic heterocycles. The third-order valence-corrected chi connectivity index (χ3v) is 2.89. The molecule has 3 heteroatoms. The average molecular weight is 258 g/mol. The summed E-state index contributed by atoms with van der Waals surface area (Å²) in [6.45, 7) is 2.60. The van der Waals surface area contributed by atoms with Gasteiger partial charge in [0, 0.05) is 10.6 Å². The number of hydrogen-bond donors (Lipinski definition) is 0. The second kappa shape index (κ2) is 5.57. The number of halogens is 1. The highest BCUT2D eigenvalue weighted by atomic mass is 35.5. The molecular formula is C15H12ClNO. The van der Waals surface area contributed by atoms with Gasteiger partial charge in [0.1, 0.15) is 5.75 Å². The van der Waals surface area contributed by atoms with Crippen LogP contribution in [0.1, 0.15) is 12.5 Å². The standard InChI is InChI=1S/C15H12ClNO/c1-2-18-13-6-4-12(5-7-13)14-8-3-11(10-17)9-15(14)16/h3-9H,2H2,1H3. The van der Waals surface area contributed by atoms with Gasteiger partial charge in [-0.15, -0.1) is 0 Å². The van der Waals surface area contributed by atoms with Crippen LogP contribution in [0.4, 0.5) is 0 Å². The fourth-order valence-electron chi connectivity index (χ4n) is 1.72. The normalized spacial score (nSPS) is 9.83. The number of ether oxygens (including phenoxy) is 1. The van der Waals surface area contributed by atoms with Gasteiger partial charge in [-0.2, -0.15) is 5.26 Å². The van der Waals surface area contributed by atoms with Gasteiger partial charge in [0.15, 0.2) is 0 Å². The van der Waals surface area contributed by atoms with Crippen LogP contribution < -0.4 is 4.74 Å². The lowest BCUT2D eigenvalue weighted by Gasteiger charge is -2.07. The van der Waals surface area contributed by atoms with Gasteiger partial charge in [0.25, 0.3) is 0 Å². The molecule has 0 fully saturated rings. The molecule has 0 bridgehead atoms. The summed E-state index contributed by atoms with van der Waals surface area (Å²) in [7, 11) is 0. The summed E-state index contributed by atoms with van der Waals surface area (Å²) < 4.78 is 5.39. The molecule has 0 aliphatic carbocycles. The van der Waals surface area contributed by atoms with E-state index >= 15 is 0 Å². The largest absolute Gasteiger partial charge is 0.494 e. The van der Waals surface area contributed by atoms with E-state index in [1.807, 2.05) is 37.3 Å². The van der Waals surface area contributed by atoms with Gasteiger partial charge < -0.3 is 4.74 Å². The number of rotatable bonds is 3. The Balaban J connectivity index is 2.34. The van der Waals surface area contributed by atoms with Crippen LogP contribution in [0.5, 0.6) is 5.75 Å². The lowest BCUT2D eigenvalue weighted by Crippen LogP contribution is -1.90. The third kappa shape index (κ3) is 2.64. The molecule has 0 radical (unpaired) electrons. The maximum absolute atomic E-state index is 8.79. The van der Waals surface area contributed by atoms with Crippen LogP contribution in [0.25, 0.3) is 11.1 Å². The molecule has 0 heterocycles. The van der Waals surface area contributed by atoms with Crippen molar-refractivity contribution >= 4 is 11.6 Å². The van der Waals surface area contributed by atoms with Crippen molar-refractivity contribution in [1.82, 2.24) is 0 Å². The molecule has 90 valence electrons. The lowest BCUT2D eigenvalue weighted by atomic mass is 10.0. The maximum Gasteiger partial charge on any atom is 0.119 e. The molecule has 0 atom stereocenters. The summed E-state index contributed by atoms with van der Waals surface area (Å²) in [4.78, 5) is 0. The maximum atomic E-state index is 8.79. The van der Waals surface area contributed by atoms with Crippen molar-refractivity contribution in [2.45, 2.75) is 6.92 Å². The molecule has 2 aromatic rings. The van der Waals surface area contributed by atoms with Gasteiger partial charge in [-0.3, -0.25) is 0 Å². The van der Waals surface area contributed by atoms with Crippen LogP contribution in [0, 0.1) is 11.3 Å². The minimum Gasteiger partial charge on any atom is -0.494 e. The summed E-state index contributed by atoms with van der Waals surface area (Å²) in [5.74, 6) is 0.839. The zero-order valence-corrected chi connectivity index (χ0v) is 10.7. The van der Waals surface area contributed by atoms with Crippen LogP contribution in [0.2, 0.25) is 5.02 Å². The van der Waals surface area contributed by atoms with Gasteiger partial charge in [-0.1, -0.05) is 29.8 Å². The molecule has 0 amide bonds. The van der Waals surface area contributed by atoms with Crippen molar-refractivity contribution in [2.75, 3.05) is 6.61 Å². The quantitative estimate of drug-likeness (QED) is 0.822. The number of nitriles is 1. The first-order valence-electron chi connectivity index (χ1n) is 5.67. The Kier molecular flexibility index (Phi) is 3.86. The Hall–Kier alpha value is -1.98. The second-order valence-electron chi connectivity index (χ2n) is 3.76. The predicted molar refractivity (Wildman–Crippen MR) is 72.8 cm³/mol. The molecule has 2 aromatic carbocycles. The van der Waals surface area contributed by atoms with E-state index in [-0.39, 0.29) is 0 Å². The van der Waals surface area contributed by atoms with E-state index in [9.17, 15) is 0 Å². The Morgan fingerprint density at radius 1 is 1.17 bits per heavy atom. The topological polar surface area (TPSA) is 33.0 Å². The number of hydrogen-bond acceptors (Lipinski definition) is 2. The molecule has 0 N–H and O–H groups in total. The van der Waals surface area contributed by atoms with E-state index in [4.69, 9.17) is 21.6 Å². The first-order valence-corrected chi connectivity index (χ1v) is 6.05. The summed E-state index contributed by atoms with van der Waals surface area (Å²) in [5, 5.41) is 9.38. The first kappa shape index (κ1) is 12.5. The Morgan fingerprint density at radius 2 is 1.89 bits per heavy atom. The monoisotopic (exact) mass is 257 g/mol. The average Bonchev–Trinajstić information content (AvgIpc) is 2.40. The predicted octanol–water partition coefficient (Wildman–Crippen LogP) is 4.28. The molecule has 0 saturated heterocycles. The van der Waals surface area contributed by atoms with Crippen LogP contribution in [0.15, 0.2) is 42.5 Å². The minimum absolute atomic E-state index is 0.565. The van der Waals surface area contributed by atoms with E-state index in [0.29, 0.717) is 17.2 Å².